The van der Waals surface area contributed by atoms with Crippen molar-refractivity contribution in [2.45, 2.75) is 19.4 Å². The maximum Gasteiger partial charge on any atom is 0.102 e. The first-order chi connectivity index (χ1) is 9.22. The molecule has 0 aliphatic heterocycles. The van der Waals surface area contributed by atoms with E-state index in [1.165, 1.54) is 0 Å². The van der Waals surface area contributed by atoms with E-state index in [4.69, 9.17) is 0 Å². The molecule has 0 aliphatic carbocycles. The van der Waals surface area contributed by atoms with Gasteiger partial charge in [-0.2, -0.15) is 0 Å². The van der Waals surface area contributed by atoms with Crippen molar-refractivity contribution >= 4 is 21.6 Å². The number of para-hydroxylation sites is 1. The van der Waals surface area contributed by atoms with Crippen LogP contribution in [0.2, 0.25) is 0 Å². The summed E-state index contributed by atoms with van der Waals surface area (Å²) in [6.45, 7) is 2.00. The van der Waals surface area contributed by atoms with E-state index >= 15 is 0 Å². The average molecular weight is 270 g/mol. The molecule has 0 aliphatic rings. The Morgan fingerprint density at radius 3 is 2.89 bits per heavy atom. The third kappa shape index (κ3) is 2.64. The van der Waals surface area contributed by atoms with Gasteiger partial charge in [-0.3, -0.25) is 4.98 Å². The Balaban J connectivity index is 1.84. The molecule has 1 N–H and O–H groups in total. The summed E-state index contributed by atoms with van der Waals surface area (Å²) < 4.78 is 1.15. The molecule has 1 unspecified atom stereocenters. The van der Waals surface area contributed by atoms with Crippen molar-refractivity contribution in [3.05, 3.63) is 58.9 Å². The number of hydrogen-bond donors (Lipinski definition) is 1. The van der Waals surface area contributed by atoms with Crippen molar-refractivity contribution in [3.8, 4) is 0 Å². The quantitative estimate of drug-likeness (QED) is 0.794. The van der Waals surface area contributed by atoms with Crippen LogP contribution in [0.3, 0.4) is 0 Å². The smallest absolute Gasteiger partial charge is 0.102 e. The van der Waals surface area contributed by atoms with E-state index in [0.717, 1.165) is 20.8 Å². The van der Waals surface area contributed by atoms with Gasteiger partial charge in [-0.25, -0.2) is 4.98 Å². The molecule has 96 valence electrons. The Labute approximate surface area is 115 Å². The van der Waals surface area contributed by atoms with E-state index < -0.39 is 6.10 Å². The highest BCUT2D eigenvalue weighted by Gasteiger charge is 2.13. The molecule has 3 aromatic rings. The number of benzene rings is 1. The molecule has 19 heavy (non-hydrogen) atoms. The molecule has 4 heteroatoms. The Kier molecular flexibility index (Phi) is 3.27. The predicted octanol–water partition coefficient (Wildman–Crippen LogP) is 3.28. The summed E-state index contributed by atoms with van der Waals surface area (Å²) in [5.41, 5.74) is 2.81. The van der Waals surface area contributed by atoms with Gasteiger partial charge in [-0.05, 0) is 36.8 Å². The summed E-state index contributed by atoms with van der Waals surface area (Å²) in [5.74, 6) is 0. The Morgan fingerprint density at radius 1 is 1.26 bits per heavy atom. The van der Waals surface area contributed by atoms with Crippen LogP contribution in [-0.2, 0) is 6.42 Å². The standard InChI is InChI=1S/C15H14N2OS/c1-10-6-7-16-12(8-10)13(18)9-15-17-11-4-2-3-5-14(11)19-15/h2-8,13,18H,9H2,1H3. The van der Waals surface area contributed by atoms with Gasteiger partial charge in [-0.1, -0.05) is 12.1 Å². The van der Waals surface area contributed by atoms with Crippen molar-refractivity contribution < 1.29 is 5.11 Å². The SMILES string of the molecule is Cc1ccnc(C(O)Cc2nc3ccccc3s2)c1. The van der Waals surface area contributed by atoms with Gasteiger partial charge < -0.3 is 5.11 Å². The molecule has 3 rings (SSSR count). The van der Waals surface area contributed by atoms with Crippen LogP contribution in [0.1, 0.15) is 22.4 Å². The molecular formula is C15H14N2OS. The third-order valence-electron chi connectivity index (χ3n) is 2.98. The first-order valence-corrected chi connectivity index (χ1v) is 6.99. The van der Waals surface area contributed by atoms with E-state index in [-0.39, 0.29) is 0 Å². The number of rotatable bonds is 3. The molecule has 0 saturated carbocycles. The highest BCUT2D eigenvalue weighted by atomic mass is 32.1. The van der Waals surface area contributed by atoms with Crippen LogP contribution in [-0.4, -0.2) is 15.1 Å². The maximum atomic E-state index is 10.2. The molecule has 0 spiro atoms. The van der Waals surface area contributed by atoms with Crippen molar-refractivity contribution in [3.63, 3.8) is 0 Å². The summed E-state index contributed by atoms with van der Waals surface area (Å²) in [4.78, 5) is 8.75. The summed E-state index contributed by atoms with van der Waals surface area (Å²) in [7, 11) is 0. The molecule has 1 aromatic carbocycles. The number of aromatic nitrogens is 2. The number of hydrogen-bond acceptors (Lipinski definition) is 4. The van der Waals surface area contributed by atoms with E-state index in [9.17, 15) is 5.11 Å². The third-order valence-corrected chi connectivity index (χ3v) is 4.04. The van der Waals surface area contributed by atoms with Crippen molar-refractivity contribution in [2.75, 3.05) is 0 Å². The van der Waals surface area contributed by atoms with Crippen LogP contribution in [0.4, 0.5) is 0 Å². The van der Waals surface area contributed by atoms with Crippen LogP contribution in [0, 0.1) is 6.92 Å². The lowest BCUT2D eigenvalue weighted by molar-refractivity contribution is 0.173. The molecule has 0 saturated heterocycles. The van der Waals surface area contributed by atoms with E-state index in [2.05, 4.69) is 9.97 Å². The topological polar surface area (TPSA) is 46.0 Å². The van der Waals surface area contributed by atoms with Crippen LogP contribution in [0.15, 0.2) is 42.6 Å². The van der Waals surface area contributed by atoms with Crippen molar-refractivity contribution in [2.24, 2.45) is 0 Å². The zero-order chi connectivity index (χ0) is 13.2. The van der Waals surface area contributed by atoms with Gasteiger partial charge in [0.2, 0.25) is 0 Å². The van der Waals surface area contributed by atoms with Gasteiger partial charge >= 0.3 is 0 Å². The number of nitrogens with zero attached hydrogens (tertiary/aromatic N) is 2. The fraction of sp³-hybridized carbons (Fsp3) is 0.200. The number of aryl methyl sites for hydroxylation is 1. The molecular weight excluding hydrogens is 256 g/mol. The lowest BCUT2D eigenvalue weighted by Gasteiger charge is -2.08. The van der Waals surface area contributed by atoms with Gasteiger partial charge in [0.05, 0.1) is 20.9 Å². The minimum absolute atomic E-state index is 0.510. The predicted molar refractivity (Wildman–Crippen MR) is 77.3 cm³/mol. The van der Waals surface area contributed by atoms with Crippen molar-refractivity contribution in [1.82, 2.24) is 9.97 Å². The molecule has 0 radical (unpaired) electrons. The fourth-order valence-corrected chi connectivity index (χ4v) is 3.02. The maximum absolute atomic E-state index is 10.2. The molecule has 0 bridgehead atoms. The zero-order valence-corrected chi connectivity index (χ0v) is 11.4. The summed E-state index contributed by atoms with van der Waals surface area (Å²) >= 11 is 1.63. The number of aliphatic hydroxyl groups is 1. The molecule has 0 fully saturated rings. The number of fused-ring (bicyclic) bond motifs is 1. The van der Waals surface area contributed by atoms with Crippen LogP contribution in [0.5, 0.6) is 0 Å². The number of thiazole rings is 1. The molecule has 1 atom stereocenters. The summed E-state index contributed by atoms with van der Waals surface area (Å²) in [6, 6.07) is 11.9. The fourth-order valence-electron chi connectivity index (χ4n) is 2.02. The molecule has 0 amide bonds. The van der Waals surface area contributed by atoms with Crippen LogP contribution in [0.25, 0.3) is 10.2 Å². The second kappa shape index (κ2) is 5.07. The normalized spacial score (nSPS) is 12.7. The van der Waals surface area contributed by atoms with E-state index in [0.29, 0.717) is 12.1 Å². The van der Waals surface area contributed by atoms with E-state index in [1.54, 1.807) is 17.5 Å². The lowest BCUT2D eigenvalue weighted by Crippen LogP contribution is -2.04. The van der Waals surface area contributed by atoms with Gasteiger partial charge in [0.1, 0.15) is 6.10 Å². The van der Waals surface area contributed by atoms with E-state index in [1.807, 2.05) is 43.3 Å². The minimum Gasteiger partial charge on any atom is -0.386 e. The second-order valence-corrected chi connectivity index (χ2v) is 5.67. The monoisotopic (exact) mass is 270 g/mol. The second-order valence-electron chi connectivity index (χ2n) is 4.55. The Hall–Kier alpha value is -1.78. The highest BCUT2D eigenvalue weighted by Crippen LogP contribution is 2.25. The van der Waals surface area contributed by atoms with Gasteiger partial charge in [-0.15, -0.1) is 11.3 Å². The largest absolute Gasteiger partial charge is 0.386 e. The van der Waals surface area contributed by atoms with Gasteiger partial charge in [0.15, 0.2) is 0 Å². The van der Waals surface area contributed by atoms with Crippen molar-refractivity contribution in [1.29, 1.82) is 0 Å². The first-order valence-electron chi connectivity index (χ1n) is 6.17. The zero-order valence-electron chi connectivity index (χ0n) is 10.6. The molecule has 2 heterocycles. The summed E-state index contributed by atoms with van der Waals surface area (Å²) in [5, 5.41) is 11.2. The minimum atomic E-state index is -0.597. The average Bonchev–Trinajstić information content (AvgIpc) is 2.80. The van der Waals surface area contributed by atoms with Crippen LogP contribution >= 0.6 is 11.3 Å². The van der Waals surface area contributed by atoms with Gasteiger partial charge in [0, 0.05) is 12.6 Å². The highest BCUT2D eigenvalue weighted by molar-refractivity contribution is 7.18. The molecule has 2 aromatic heterocycles. The van der Waals surface area contributed by atoms with Crippen LogP contribution < -0.4 is 0 Å². The summed E-state index contributed by atoms with van der Waals surface area (Å²) in [6.07, 6.45) is 1.64. The number of aliphatic hydroxyl groups excluding tert-OH is 1. The molecule has 3 nitrogen and oxygen atoms in total. The number of pyridine rings is 1. The Morgan fingerprint density at radius 2 is 2.11 bits per heavy atom. The first kappa shape index (κ1) is 12.3. The van der Waals surface area contributed by atoms with Gasteiger partial charge in [0.25, 0.3) is 0 Å². The Bertz CT molecular complexity index is 675. The lowest BCUT2D eigenvalue weighted by atomic mass is 10.1.